The van der Waals surface area contributed by atoms with Crippen LogP contribution in [-0.4, -0.2) is 30.8 Å². The van der Waals surface area contributed by atoms with E-state index in [1.54, 1.807) is 0 Å². The Hall–Kier alpha value is -1.82. The molecule has 1 aliphatic carbocycles. The predicted molar refractivity (Wildman–Crippen MR) is 80.4 cm³/mol. The van der Waals surface area contributed by atoms with Gasteiger partial charge in [-0.05, 0) is 26.7 Å². The smallest absolute Gasteiger partial charge is 0.148 e. The fourth-order valence-electron chi connectivity index (χ4n) is 2.29. The van der Waals surface area contributed by atoms with Crippen molar-refractivity contribution in [3.8, 4) is 5.69 Å². The largest absolute Gasteiger partial charge is 0.308 e. The molecule has 2 aromatic heterocycles. The van der Waals surface area contributed by atoms with Crippen molar-refractivity contribution in [2.45, 2.75) is 59.0 Å². The molecule has 6 heteroatoms. The first-order chi connectivity index (χ1) is 10.0. The second kappa shape index (κ2) is 5.52. The normalized spacial score (nSPS) is 14.9. The highest BCUT2D eigenvalue weighted by Crippen LogP contribution is 2.21. The topological polar surface area (TPSA) is 68.5 Å². The van der Waals surface area contributed by atoms with Crippen LogP contribution in [0.2, 0.25) is 0 Å². The lowest BCUT2D eigenvalue weighted by atomic mass is 10.2. The molecule has 0 aromatic carbocycles. The van der Waals surface area contributed by atoms with Gasteiger partial charge in [0.25, 0.3) is 0 Å². The molecule has 0 saturated heterocycles. The highest BCUT2D eigenvalue weighted by molar-refractivity contribution is 5.35. The molecule has 112 valence electrons. The summed E-state index contributed by atoms with van der Waals surface area (Å²) in [7, 11) is 0. The van der Waals surface area contributed by atoms with E-state index in [1.165, 1.54) is 12.8 Å². The second-order valence-electron chi connectivity index (χ2n) is 5.99. The molecule has 1 fully saturated rings. The van der Waals surface area contributed by atoms with Crippen LogP contribution >= 0.6 is 0 Å². The Morgan fingerprint density at radius 3 is 2.62 bits per heavy atom. The van der Waals surface area contributed by atoms with E-state index >= 15 is 0 Å². The SMILES string of the molecule is Cc1nc(C)n(-c2cnc(C(C)C)nc2CNC2CC2)n1. The number of nitrogens with one attached hydrogen (secondary N) is 1. The first kappa shape index (κ1) is 14.1. The van der Waals surface area contributed by atoms with Crippen LogP contribution in [0.5, 0.6) is 0 Å². The molecule has 1 N–H and O–H groups in total. The fraction of sp³-hybridized carbons (Fsp3) is 0.600. The molecule has 21 heavy (non-hydrogen) atoms. The van der Waals surface area contributed by atoms with Gasteiger partial charge >= 0.3 is 0 Å². The summed E-state index contributed by atoms with van der Waals surface area (Å²) in [5.41, 5.74) is 1.92. The predicted octanol–water partition coefficient (Wildman–Crippen LogP) is 2.05. The van der Waals surface area contributed by atoms with Crippen molar-refractivity contribution in [3.05, 3.63) is 29.4 Å². The molecule has 0 bridgehead atoms. The lowest BCUT2D eigenvalue weighted by molar-refractivity contribution is 0.647. The minimum absolute atomic E-state index is 0.317. The van der Waals surface area contributed by atoms with Gasteiger partial charge in [0.2, 0.25) is 0 Å². The fourth-order valence-corrected chi connectivity index (χ4v) is 2.29. The van der Waals surface area contributed by atoms with Crippen molar-refractivity contribution in [2.24, 2.45) is 0 Å². The Labute approximate surface area is 125 Å². The maximum absolute atomic E-state index is 4.74. The Balaban J connectivity index is 1.98. The Morgan fingerprint density at radius 1 is 1.29 bits per heavy atom. The summed E-state index contributed by atoms with van der Waals surface area (Å²) >= 11 is 0. The first-order valence-corrected chi connectivity index (χ1v) is 7.54. The third-order valence-electron chi connectivity index (χ3n) is 3.62. The van der Waals surface area contributed by atoms with Crippen LogP contribution in [0.25, 0.3) is 5.69 Å². The summed E-state index contributed by atoms with van der Waals surface area (Å²) < 4.78 is 1.84. The zero-order valence-corrected chi connectivity index (χ0v) is 13.1. The Kier molecular flexibility index (Phi) is 3.71. The van der Waals surface area contributed by atoms with Gasteiger partial charge in [-0.15, -0.1) is 0 Å². The number of aromatic nitrogens is 5. The van der Waals surface area contributed by atoms with E-state index in [2.05, 4.69) is 34.2 Å². The summed E-state index contributed by atoms with van der Waals surface area (Å²) in [6.07, 6.45) is 4.39. The van der Waals surface area contributed by atoms with E-state index in [1.807, 2.05) is 24.7 Å². The lowest BCUT2D eigenvalue weighted by Gasteiger charge is -2.13. The highest BCUT2D eigenvalue weighted by Gasteiger charge is 2.22. The molecule has 0 unspecified atom stereocenters. The van der Waals surface area contributed by atoms with Crippen molar-refractivity contribution in [1.29, 1.82) is 0 Å². The molecule has 0 aliphatic heterocycles. The highest BCUT2D eigenvalue weighted by atomic mass is 15.4. The van der Waals surface area contributed by atoms with Gasteiger partial charge in [0, 0.05) is 18.5 Å². The monoisotopic (exact) mass is 286 g/mol. The quantitative estimate of drug-likeness (QED) is 0.911. The molecular formula is C15H22N6. The van der Waals surface area contributed by atoms with Crippen LogP contribution in [0.1, 0.15) is 55.8 Å². The number of rotatable bonds is 5. The molecule has 1 saturated carbocycles. The minimum atomic E-state index is 0.317. The van der Waals surface area contributed by atoms with Gasteiger partial charge in [-0.2, -0.15) is 5.10 Å². The molecule has 1 aliphatic rings. The van der Waals surface area contributed by atoms with Gasteiger partial charge in [-0.25, -0.2) is 19.6 Å². The van der Waals surface area contributed by atoms with Crippen LogP contribution in [0.3, 0.4) is 0 Å². The average molecular weight is 286 g/mol. The molecule has 2 aromatic rings. The number of hydrogen-bond donors (Lipinski definition) is 1. The minimum Gasteiger partial charge on any atom is -0.308 e. The molecule has 6 nitrogen and oxygen atoms in total. The van der Waals surface area contributed by atoms with Crippen molar-refractivity contribution >= 4 is 0 Å². The van der Waals surface area contributed by atoms with Crippen molar-refractivity contribution in [2.75, 3.05) is 0 Å². The van der Waals surface area contributed by atoms with Crippen molar-refractivity contribution in [1.82, 2.24) is 30.0 Å². The summed E-state index contributed by atoms with van der Waals surface area (Å²) in [6, 6.07) is 0.647. The first-order valence-electron chi connectivity index (χ1n) is 7.54. The van der Waals surface area contributed by atoms with Gasteiger partial charge < -0.3 is 5.32 Å². The van der Waals surface area contributed by atoms with E-state index < -0.39 is 0 Å². The van der Waals surface area contributed by atoms with Crippen LogP contribution < -0.4 is 5.32 Å². The van der Waals surface area contributed by atoms with Gasteiger partial charge in [0.1, 0.15) is 23.2 Å². The van der Waals surface area contributed by atoms with Gasteiger partial charge in [0.15, 0.2) is 0 Å². The van der Waals surface area contributed by atoms with E-state index in [0.29, 0.717) is 12.0 Å². The summed E-state index contributed by atoms with van der Waals surface area (Å²) in [6.45, 7) is 8.82. The van der Waals surface area contributed by atoms with Crippen LogP contribution in [-0.2, 0) is 6.54 Å². The molecule has 0 radical (unpaired) electrons. The number of aryl methyl sites for hydroxylation is 2. The van der Waals surface area contributed by atoms with E-state index in [4.69, 9.17) is 4.98 Å². The zero-order chi connectivity index (χ0) is 15.0. The summed E-state index contributed by atoms with van der Waals surface area (Å²) in [5.74, 6) is 2.82. The molecule has 0 atom stereocenters. The molecule has 3 rings (SSSR count). The maximum Gasteiger partial charge on any atom is 0.148 e. The molecule has 2 heterocycles. The Morgan fingerprint density at radius 2 is 2.05 bits per heavy atom. The van der Waals surface area contributed by atoms with E-state index in [0.717, 1.165) is 35.4 Å². The summed E-state index contributed by atoms with van der Waals surface area (Å²) in [5, 5.41) is 7.98. The molecule has 0 spiro atoms. The van der Waals surface area contributed by atoms with Crippen LogP contribution in [0.4, 0.5) is 0 Å². The third-order valence-corrected chi connectivity index (χ3v) is 3.62. The molecular weight excluding hydrogens is 264 g/mol. The third kappa shape index (κ3) is 3.10. The van der Waals surface area contributed by atoms with Crippen LogP contribution in [0.15, 0.2) is 6.20 Å². The van der Waals surface area contributed by atoms with Crippen molar-refractivity contribution < 1.29 is 0 Å². The Bertz CT molecular complexity index is 642. The standard InChI is InChI=1S/C15H22N6/c1-9(2)15-17-8-14(21-11(4)18-10(3)20-21)13(19-15)7-16-12-5-6-12/h8-9,12,16H,5-7H2,1-4H3. The molecule has 0 amide bonds. The second-order valence-corrected chi connectivity index (χ2v) is 5.99. The van der Waals surface area contributed by atoms with E-state index in [-0.39, 0.29) is 0 Å². The number of hydrogen-bond acceptors (Lipinski definition) is 5. The van der Waals surface area contributed by atoms with Gasteiger partial charge in [-0.1, -0.05) is 13.8 Å². The van der Waals surface area contributed by atoms with E-state index in [9.17, 15) is 0 Å². The maximum atomic E-state index is 4.74. The van der Waals surface area contributed by atoms with Crippen molar-refractivity contribution in [3.63, 3.8) is 0 Å². The van der Waals surface area contributed by atoms with Gasteiger partial charge in [0.05, 0.1) is 11.9 Å². The van der Waals surface area contributed by atoms with Gasteiger partial charge in [-0.3, -0.25) is 0 Å². The lowest BCUT2D eigenvalue weighted by Crippen LogP contribution is -2.20. The zero-order valence-electron chi connectivity index (χ0n) is 13.1. The van der Waals surface area contributed by atoms with Crippen LogP contribution in [0, 0.1) is 13.8 Å². The average Bonchev–Trinajstić information content (AvgIpc) is 3.20. The summed E-state index contributed by atoms with van der Waals surface area (Å²) in [4.78, 5) is 13.6. The number of nitrogens with zero attached hydrogens (tertiary/aromatic N) is 5.